The van der Waals surface area contributed by atoms with E-state index in [4.69, 9.17) is 15.6 Å². The second kappa shape index (κ2) is 6.26. The van der Waals surface area contributed by atoms with Crippen molar-refractivity contribution in [3.8, 4) is 5.75 Å². The van der Waals surface area contributed by atoms with E-state index in [2.05, 4.69) is 0 Å². The molecule has 5 heteroatoms. The van der Waals surface area contributed by atoms with Gasteiger partial charge in [-0.15, -0.1) is 0 Å². The van der Waals surface area contributed by atoms with Crippen LogP contribution >= 0.6 is 0 Å². The summed E-state index contributed by atoms with van der Waals surface area (Å²) in [5.41, 5.74) is 6.62. The molecule has 0 saturated heterocycles. The third kappa shape index (κ3) is 2.92. The highest BCUT2D eigenvalue weighted by molar-refractivity contribution is 6.00. The summed E-state index contributed by atoms with van der Waals surface area (Å²) >= 11 is 0. The largest absolute Gasteiger partial charge is 0.495 e. The standard InChI is InChI=1S/C13H20N2O3/c1-9(2)15(7-8-16)13(17)10-5-4-6-11(18-3)12(10)14/h4-6,9,16H,7-8,14H2,1-3H3. The number of ether oxygens (including phenoxy) is 1. The van der Waals surface area contributed by atoms with E-state index < -0.39 is 0 Å². The molecule has 0 bridgehead atoms. The third-order valence-electron chi connectivity index (χ3n) is 2.74. The Morgan fingerprint density at radius 3 is 2.67 bits per heavy atom. The van der Waals surface area contributed by atoms with Crippen molar-refractivity contribution in [1.29, 1.82) is 0 Å². The number of nitrogens with two attached hydrogens (primary N) is 1. The Morgan fingerprint density at radius 1 is 1.50 bits per heavy atom. The second-order valence-electron chi connectivity index (χ2n) is 4.24. The molecule has 0 heterocycles. The minimum atomic E-state index is -0.199. The number of amides is 1. The highest BCUT2D eigenvalue weighted by atomic mass is 16.5. The van der Waals surface area contributed by atoms with Gasteiger partial charge in [0.15, 0.2) is 0 Å². The van der Waals surface area contributed by atoms with Crippen LogP contribution < -0.4 is 10.5 Å². The molecule has 0 aliphatic heterocycles. The average Bonchev–Trinajstić information content (AvgIpc) is 2.35. The molecule has 1 rings (SSSR count). The van der Waals surface area contributed by atoms with Crippen molar-refractivity contribution in [1.82, 2.24) is 4.90 Å². The lowest BCUT2D eigenvalue weighted by molar-refractivity contribution is 0.0666. The minimum Gasteiger partial charge on any atom is -0.495 e. The molecule has 0 fully saturated rings. The summed E-state index contributed by atoms with van der Waals surface area (Å²) in [7, 11) is 1.51. The summed E-state index contributed by atoms with van der Waals surface area (Å²) in [6.07, 6.45) is 0. The second-order valence-corrected chi connectivity index (χ2v) is 4.24. The quantitative estimate of drug-likeness (QED) is 0.770. The molecule has 0 aliphatic carbocycles. The highest BCUT2D eigenvalue weighted by Crippen LogP contribution is 2.26. The number of carbonyl (C=O) groups is 1. The van der Waals surface area contributed by atoms with E-state index in [0.29, 0.717) is 17.0 Å². The fraction of sp³-hybridized carbons (Fsp3) is 0.462. The molecule has 1 aromatic carbocycles. The van der Waals surface area contributed by atoms with E-state index in [1.807, 2.05) is 13.8 Å². The fourth-order valence-corrected chi connectivity index (χ4v) is 1.77. The van der Waals surface area contributed by atoms with Gasteiger partial charge in [0.05, 0.1) is 25.0 Å². The maximum absolute atomic E-state index is 12.3. The number of nitrogen functional groups attached to an aromatic ring is 1. The van der Waals surface area contributed by atoms with Crippen LogP contribution in [0.1, 0.15) is 24.2 Å². The summed E-state index contributed by atoms with van der Waals surface area (Å²) < 4.78 is 5.09. The van der Waals surface area contributed by atoms with Gasteiger partial charge in [-0.05, 0) is 26.0 Å². The molecular formula is C13H20N2O3. The molecule has 18 heavy (non-hydrogen) atoms. The molecule has 5 nitrogen and oxygen atoms in total. The number of methoxy groups -OCH3 is 1. The lowest BCUT2D eigenvalue weighted by Gasteiger charge is -2.26. The Balaban J connectivity index is 3.09. The van der Waals surface area contributed by atoms with E-state index in [1.165, 1.54) is 7.11 Å². The number of anilines is 1. The van der Waals surface area contributed by atoms with Crippen molar-refractivity contribution in [2.45, 2.75) is 19.9 Å². The average molecular weight is 252 g/mol. The van der Waals surface area contributed by atoms with Crippen molar-refractivity contribution in [2.75, 3.05) is 26.0 Å². The molecule has 0 spiro atoms. The first-order chi connectivity index (χ1) is 8.52. The molecule has 1 aromatic rings. The summed E-state index contributed by atoms with van der Waals surface area (Å²) in [6.45, 7) is 3.99. The molecule has 0 radical (unpaired) electrons. The van der Waals surface area contributed by atoms with Gasteiger partial charge in [0.2, 0.25) is 0 Å². The number of hydrogen-bond donors (Lipinski definition) is 2. The van der Waals surface area contributed by atoms with E-state index >= 15 is 0 Å². The fourth-order valence-electron chi connectivity index (χ4n) is 1.77. The number of aliphatic hydroxyl groups is 1. The van der Waals surface area contributed by atoms with Gasteiger partial charge in [-0.3, -0.25) is 4.79 Å². The van der Waals surface area contributed by atoms with Gasteiger partial charge in [-0.25, -0.2) is 0 Å². The molecule has 0 aliphatic rings. The van der Waals surface area contributed by atoms with Crippen LogP contribution in [0.3, 0.4) is 0 Å². The van der Waals surface area contributed by atoms with Crippen molar-refractivity contribution in [3.63, 3.8) is 0 Å². The number of rotatable bonds is 5. The zero-order chi connectivity index (χ0) is 13.7. The first-order valence-electron chi connectivity index (χ1n) is 5.87. The lowest BCUT2D eigenvalue weighted by Crippen LogP contribution is -2.39. The Bertz CT molecular complexity index is 419. The van der Waals surface area contributed by atoms with E-state index in [1.54, 1.807) is 23.1 Å². The first kappa shape index (κ1) is 14.3. The smallest absolute Gasteiger partial charge is 0.256 e. The lowest BCUT2D eigenvalue weighted by atomic mass is 10.1. The van der Waals surface area contributed by atoms with Crippen LogP contribution in [-0.4, -0.2) is 42.2 Å². The van der Waals surface area contributed by atoms with Gasteiger partial charge in [0, 0.05) is 12.6 Å². The van der Waals surface area contributed by atoms with Crippen LogP contribution in [0.2, 0.25) is 0 Å². The van der Waals surface area contributed by atoms with Crippen molar-refractivity contribution < 1.29 is 14.6 Å². The van der Waals surface area contributed by atoms with Crippen LogP contribution in [0.15, 0.2) is 18.2 Å². The van der Waals surface area contributed by atoms with Crippen LogP contribution in [0.25, 0.3) is 0 Å². The van der Waals surface area contributed by atoms with E-state index in [9.17, 15) is 4.79 Å². The molecule has 0 atom stereocenters. The zero-order valence-electron chi connectivity index (χ0n) is 11.0. The Hall–Kier alpha value is -1.75. The number of benzene rings is 1. The van der Waals surface area contributed by atoms with Crippen molar-refractivity contribution >= 4 is 11.6 Å². The summed E-state index contributed by atoms with van der Waals surface area (Å²) in [5, 5.41) is 9.00. The normalized spacial score (nSPS) is 10.5. The predicted octanol–water partition coefficient (Wildman–Crippen LogP) is 1.12. The number of nitrogens with zero attached hydrogens (tertiary/aromatic N) is 1. The maximum atomic E-state index is 12.3. The van der Waals surface area contributed by atoms with Gasteiger partial charge < -0.3 is 20.5 Å². The van der Waals surface area contributed by atoms with Crippen molar-refractivity contribution in [2.24, 2.45) is 0 Å². The Morgan fingerprint density at radius 2 is 2.17 bits per heavy atom. The minimum absolute atomic E-state index is 0.00440. The van der Waals surface area contributed by atoms with Gasteiger partial charge >= 0.3 is 0 Å². The molecular weight excluding hydrogens is 232 g/mol. The molecule has 1 amide bonds. The van der Waals surface area contributed by atoms with Crippen molar-refractivity contribution in [3.05, 3.63) is 23.8 Å². The third-order valence-corrected chi connectivity index (χ3v) is 2.74. The van der Waals surface area contributed by atoms with E-state index in [0.717, 1.165) is 0 Å². The highest BCUT2D eigenvalue weighted by Gasteiger charge is 2.21. The Labute approximate surface area is 107 Å². The first-order valence-corrected chi connectivity index (χ1v) is 5.87. The summed E-state index contributed by atoms with van der Waals surface area (Å²) in [4.78, 5) is 13.9. The van der Waals surface area contributed by atoms with Crippen LogP contribution in [0.4, 0.5) is 5.69 Å². The summed E-state index contributed by atoms with van der Waals surface area (Å²) in [5.74, 6) is 0.281. The maximum Gasteiger partial charge on any atom is 0.256 e. The van der Waals surface area contributed by atoms with Gasteiger partial charge in [-0.2, -0.15) is 0 Å². The van der Waals surface area contributed by atoms with Gasteiger partial charge in [0.25, 0.3) is 5.91 Å². The number of aliphatic hydroxyl groups excluding tert-OH is 1. The van der Waals surface area contributed by atoms with Crippen LogP contribution in [0, 0.1) is 0 Å². The SMILES string of the molecule is COc1cccc(C(=O)N(CCO)C(C)C)c1N. The van der Waals surface area contributed by atoms with Crippen LogP contribution in [0.5, 0.6) is 5.75 Å². The molecule has 0 aromatic heterocycles. The molecule has 100 valence electrons. The molecule has 0 saturated carbocycles. The van der Waals surface area contributed by atoms with Crippen LogP contribution in [-0.2, 0) is 0 Å². The zero-order valence-corrected chi connectivity index (χ0v) is 11.0. The van der Waals surface area contributed by atoms with Gasteiger partial charge in [0.1, 0.15) is 5.75 Å². The topological polar surface area (TPSA) is 75.8 Å². The monoisotopic (exact) mass is 252 g/mol. The number of carbonyl (C=O) groups excluding carboxylic acids is 1. The molecule has 0 unspecified atom stereocenters. The predicted molar refractivity (Wildman–Crippen MR) is 70.7 cm³/mol. The Kier molecular flexibility index (Phi) is 4.97. The number of para-hydroxylation sites is 1. The summed E-state index contributed by atoms with van der Waals surface area (Å²) in [6, 6.07) is 5.08. The number of hydrogen-bond acceptors (Lipinski definition) is 4. The molecule has 3 N–H and O–H groups in total. The van der Waals surface area contributed by atoms with Gasteiger partial charge in [-0.1, -0.05) is 6.07 Å². The van der Waals surface area contributed by atoms with E-state index in [-0.39, 0.29) is 25.1 Å².